The summed E-state index contributed by atoms with van der Waals surface area (Å²) in [6.07, 6.45) is 2.71. The molecule has 0 spiro atoms. The molecular formula is C11H24INO2. The third-order valence-corrected chi connectivity index (χ3v) is 2.14. The van der Waals surface area contributed by atoms with Crippen LogP contribution in [0.15, 0.2) is 0 Å². The maximum atomic E-state index is 10.8. The van der Waals surface area contributed by atoms with Crippen LogP contribution in [0.4, 0.5) is 0 Å². The molecule has 4 heteroatoms. The highest BCUT2D eigenvalue weighted by atomic mass is 127. The molecule has 92 valence electrons. The molecule has 0 saturated heterocycles. The highest BCUT2D eigenvalue weighted by Gasteiger charge is 2.22. The van der Waals surface area contributed by atoms with Crippen LogP contribution in [0.3, 0.4) is 0 Å². The Morgan fingerprint density at radius 1 is 1.47 bits per heavy atom. The van der Waals surface area contributed by atoms with Gasteiger partial charge in [0.2, 0.25) is 5.91 Å². The van der Waals surface area contributed by atoms with E-state index < -0.39 is 3.42 Å². The summed E-state index contributed by atoms with van der Waals surface area (Å²) in [6, 6.07) is 0. The number of nitrogens with one attached hydrogen (secondary N) is 1. The maximum Gasteiger partial charge on any atom is 0.237 e. The van der Waals surface area contributed by atoms with Gasteiger partial charge < -0.3 is 10.4 Å². The van der Waals surface area contributed by atoms with Gasteiger partial charge in [-0.15, -0.1) is 0 Å². The molecule has 0 rings (SSSR count). The summed E-state index contributed by atoms with van der Waals surface area (Å²) in [5.74, 6) is 0.751. The molecule has 0 aliphatic carbocycles. The van der Waals surface area contributed by atoms with Crippen LogP contribution in [-0.4, -0.2) is 21.2 Å². The van der Waals surface area contributed by atoms with Crippen LogP contribution in [0.1, 0.15) is 47.5 Å². The van der Waals surface area contributed by atoms with Gasteiger partial charge in [-0.3, -0.25) is 4.79 Å². The van der Waals surface area contributed by atoms with Crippen LogP contribution in [0.2, 0.25) is 0 Å². The summed E-state index contributed by atoms with van der Waals surface area (Å²) in [7, 11) is 0. The zero-order chi connectivity index (χ0) is 12.5. The van der Waals surface area contributed by atoms with Crippen LogP contribution in [0.25, 0.3) is 0 Å². The molecule has 0 aromatic rings. The quantitative estimate of drug-likeness (QED) is 0.473. The van der Waals surface area contributed by atoms with Crippen LogP contribution in [-0.2, 0) is 4.79 Å². The fraction of sp³-hybridized carbons (Fsp3) is 0.909. The molecule has 0 fully saturated rings. The zero-order valence-corrected chi connectivity index (χ0v) is 12.6. The second kappa shape index (κ2) is 9.39. The zero-order valence-electron chi connectivity index (χ0n) is 10.4. The summed E-state index contributed by atoms with van der Waals surface area (Å²) in [4.78, 5) is 10.8. The van der Waals surface area contributed by atoms with Gasteiger partial charge in [0.05, 0.1) is 3.42 Å². The molecule has 0 bridgehead atoms. The normalized spacial score (nSPS) is 10.7. The van der Waals surface area contributed by atoms with Crippen molar-refractivity contribution < 1.29 is 9.90 Å². The summed E-state index contributed by atoms with van der Waals surface area (Å²) in [5.41, 5.74) is 0. The molecule has 0 unspecified atom stereocenters. The van der Waals surface area contributed by atoms with Gasteiger partial charge >= 0.3 is 0 Å². The van der Waals surface area contributed by atoms with E-state index in [0.29, 0.717) is 0 Å². The summed E-state index contributed by atoms with van der Waals surface area (Å²) in [6.45, 7) is 10.00. The minimum Gasteiger partial charge on any atom is -0.377 e. The number of hydrogen-bond acceptors (Lipinski definition) is 2. The minimum atomic E-state index is -0.430. The molecule has 0 atom stereocenters. The summed E-state index contributed by atoms with van der Waals surface area (Å²) < 4.78 is -0.430. The lowest BCUT2D eigenvalue weighted by Gasteiger charge is -2.13. The lowest BCUT2D eigenvalue weighted by Crippen LogP contribution is -2.37. The van der Waals surface area contributed by atoms with Crippen molar-refractivity contribution in [2.45, 2.75) is 50.9 Å². The van der Waals surface area contributed by atoms with E-state index >= 15 is 0 Å². The Morgan fingerprint density at radius 2 is 1.93 bits per heavy atom. The van der Waals surface area contributed by atoms with Crippen molar-refractivity contribution >= 4 is 28.5 Å². The van der Waals surface area contributed by atoms with Crippen molar-refractivity contribution in [2.24, 2.45) is 5.92 Å². The molecule has 0 aromatic carbocycles. The highest BCUT2D eigenvalue weighted by Crippen LogP contribution is 2.15. The molecule has 0 saturated carbocycles. The SMILES string of the molecule is CC(C)(I)C(=O)NCO.CCCC(C)C. The van der Waals surface area contributed by atoms with Gasteiger partial charge in [-0.2, -0.15) is 0 Å². The molecule has 0 radical (unpaired) electrons. The predicted octanol–water partition coefficient (Wildman–Crippen LogP) is 2.71. The Morgan fingerprint density at radius 3 is 2.00 bits per heavy atom. The van der Waals surface area contributed by atoms with E-state index in [1.807, 2.05) is 22.6 Å². The Hall–Kier alpha value is 0.160. The average molecular weight is 329 g/mol. The Labute approximate surface area is 107 Å². The van der Waals surface area contributed by atoms with Crippen LogP contribution in [0, 0.1) is 5.92 Å². The lowest BCUT2D eigenvalue weighted by atomic mass is 10.1. The van der Waals surface area contributed by atoms with Crippen molar-refractivity contribution in [3.05, 3.63) is 0 Å². The summed E-state index contributed by atoms with van der Waals surface area (Å²) >= 11 is 2.00. The maximum absolute atomic E-state index is 10.8. The third-order valence-electron chi connectivity index (χ3n) is 1.65. The monoisotopic (exact) mass is 329 g/mol. The van der Waals surface area contributed by atoms with Gasteiger partial charge in [0, 0.05) is 0 Å². The fourth-order valence-corrected chi connectivity index (χ4v) is 1.05. The van der Waals surface area contributed by atoms with Crippen molar-refractivity contribution in [3.8, 4) is 0 Å². The number of rotatable bonds is 4. The average Bonchev–Trinajstić information content (AvgIpc) is 2.03. The number of hydrogen-bond donors (Lipinski definition) is 2. The molecule has 0 aromatic heterocycles. The van der Waals surface area contributed by atoms with Gasteiger partial charge in [-0.25, -0.2) is 0 Å². The van der Waals surface area contributed by atoms with Gasteiger partial charge in [0.15, 0.2) is 0 Å². The van der Waals surface area contributed by atoms with Gasteiger partial charge in [0.25, 0.3) is 0 Å². The van der Waals surface area contributed by atoms with E-state index in [2.05, 4.69) is 26.1 Å². The van der Waals surface area contributed by atoms with E-state index in [0.717, 1.165) is 5.92 Å². The van der Waals surface area contributed by atoms with Crippen molar-refractivity contribution in [2.75, 3.05) is 6.73 Å². The first kappa shape index (κ1) is 17.6. The first-order chi connectivity index (χ1) is 6.75. The molecule has 0 heterocycles. The summed E-state index contributed by atoms with van der Waals surface area (Å²) in [5, 5.41) is 10.6. The van der Waals surface area contributed by atoms with E-state index in [-0.39, 0.29) is 12.6 Å². The number of carbonyl (C=O) groups is 1. The van der Waals surface area contributed by atoms with Crippen LogP contribution in [0.5, 0.6) is 0 Å². The second-order valence-electron chi connectivity index (χ2n) is 4.32. The predicted molar refractivity (Wildman–Crippen MR) is 73.1 cm³/mol. The van der Waals surface area contributed by atoms with E-state index in [4.69, 9.17) is 5.11 Å². The molecule has 2 N–H and O–H groups in total. The van der Waals surface area contributed by atoms with Crippen molar-refractivity contribution in [3.63, 3.8) is 0 Å². The molecule has 3 nitrogen and oxygen atoms in total. The topological polar surface area (TPSA) is 49.3 Å². The third kappa shape index (κ3) is 14.2. The number of aliphatic hydroxyl groups is 1. The highest BCUT2D eigenvalue weighted by molar-refractivity contribution is 14.1. The van der Waals surface area contributed by atoms with Crippen molar-refractivity contribution in [1.29, 1.82) is 0 Å². The Bertz CT molecular complexity index is 164. The van der Waals surface area contributed by atoms with E-state index in [1.165, 1.54) is 12.8 Å². The largest absolute Gasteiger partial charge is 0.377 e. The number of carbonyl (C=O) groups excluding carboxylic acids is 1. The standard InChI is InChI=1S/C6H14.C5H10INO2/c1-4-5-6(2)3;1-5(2,6)4(9)7-3-8/h6H,4-5H2,1-3H3;8H,3H2,1-2H3,(H,7,9). The number of halogens is 1. The Balaban J connectivity index is 0. The van der Waals surface area contributed by atoms with Crippen LogP contribution < -0.4 is 5.32 Å². The lowest BCUT2D eigenvalue weighted by molar-refractivity contribution is -0.123. The molecule has 0 aliphatic rings. The van der Waals surface area contributed by atoms with Crippen LogP contribution >= 0.6 is 22.6 Å². The first-order valence-electron chi connectivity index (χ1n) is 5.33. The number of alkyl halides is 1. The van der Waals surface area contributed by atoms with E-state index in [9.17, 15) is 4.79 Å². The van der Waals surface area contributed by atoms with Crippen molar-refractivity contribution in [1.82, 2.24) is 5.32 Å². The van der Waals surface area contributed by atoms with Gasteiger partial charge in [0.1, 0.15) is 6.73 Å². The molecular weight excluding hydrogens is 305 g/mol. The molecule has 15 heavy (non-hydrogen) atoms. The number of aliphatic hydroxyl groups excluding tert-OH is 1. The second-order valence-corrected chi connectivity index (χ2v) is 7.02. The Kier molecular flexibility index (Phi) is 11.0. The molecule has 1 amide bonds. The minimum absolute atomic E-state index is 0.148. The fourth-order valence-electron chi connectivity index (χ4n) is 0.859. The van der Waals surface area contributed by atoms with E-state index in [1.54, 1.807) is 13.8 Å². The van der Waals surface area contributed by atoms with Gasteiger partial charge in [-0.05, 0) is 19.8 Å². The van der Waals surface area contributed by atoms with Gasteiger partial charge in [-0.1, -0.05) is 56.2 Å². The first-order valence-corrected chi connectivity index (χ1v) is 6.41. The number of amides is 1. The smallest absolute Gasteiger partial charge is 0.237 e. The molecule has 0 aliphatic heterocycles.